The van der Waals surface area contributed by atoms with Crippen molar-refractivity contribution in [2.75, 3.05) is 38.8 Å². The van der Waals surface area contributed by atoms with Crippen LogP contribution in [-0.2, 0) is 20.7 Å². The van der Waals surface area contributed by atoms with Crippen LogP contribution in [0.3, 0.4) is 0 Å². The Balaban J connectivity index is 1.74. The number of urea groups is 1. The molecule has 0 saturated carbocycles. The number of carbonyl (C=O) groups excluding carboxylic acids is 3. The second-order valence-electron chi connectivity index (χ2n) is 7.61. The quantitative estimate of drug-likeness (QED) is 0.635. The van der Waals surface area contributed by atoms with Gasteiger partial charge in [0.15, 0.2) is 5.41 Å². The molecule has 3 aliphatic heterocycles. The van der Waals surface area contributed by atoms with E-state index in [0.717, 1.165) is 32.1 Å². The van der Waals surface area contributed by atoms with Gasteiger partial charge < -0.3 is 9.64 Å². The molecule has 1 aromatic carbocycles. The highest BCUT2D eigenvalue weighted by Crippen LogP contribution is 2.46. The first-order valence-electron chi connectivity index (χ1n) is 9.28. The molecular formula is C20H20N4O4. The average molecular weight is 380 g/mol. The average Bonchev–Trinajstić information content (AvgIpc) is 2.73. The van der Waals surface area contributed by atoms with Crippen molar-refractivity contribution in [3.8, 4) is 0 Å². The molecule has 1 spiro atoms. The van der Waals surface area contributed by atoms with Crippen molar-refractivity contribution in [3.63, 3.8) is 0 Å². The van der Waals surface area contributed by atoms with Gasteiger partial charge in [0.25, 0.3) is 0 Å². The number of para-hydroxylation sites is 1. The van der Waals surface area contributed by atoms with E-state index in [1.54, 1.807) is 0 Å². The molecule has 2 aromatic rings. The lowest BCUT2D eigenvalue weighted by Gasteiger charge is -2.53. The molecule has 4 amide bonds. The van der Waals surface area contributed by atoms with Gasteiger partial charge in [-0.1, -0.05) is 18.2 Å². The first kappa shape index (κ1) is 17.1. The molecule has 2 fully saturated rings. The molecule has 0 N–H and O–H groups in total. The second-order valence-corrected chi connectivity index (χ2v) is 7.61. The number of ether oxygens (including phenoxy) is 1. The number of pyridine rings is 1. The number of nitrogens with zero attached hydrogens (tertiary/aromatic N) is 4. The number of rotatable bonds is 0. The topological polar surface area (TPSA) is 83.1 Å². The standard InChI is InChI=1S/C20H20N4O4/c1-22-17(25)20(18(26)23(2)19(22)27)10-13-9-12-5-3-4-6-14(12)21-16(13)24-7-8-28-11-15(20)24/h3-6,9,15H,7-8,10-11H2,1-2H3/t15-/m0/s1. The van der Waals surface area contributed by atoms with E-state index in [4.69, 9.17) is 9.72 Å². The van der Waals surface area contributed by atoms with Crippen LogP contribution in [0.2, 0.25) is 0 Å². The first-order valence-corrected chi connectivity index (χ1v) is 9.28. The maximum absolute atomic E-state index is 13.4. The molecule has 0 radical (unpaired) electrons. The zero-order valence-corrected chi connectivity index (χ0v) is 15.7. The molecule has 4 heterocycles. The highest BCUT2D eigenvalue weighted by molar-refractivity contribution is 6.20. The number of aromatic nitrogens is 1. The van der Waals surface area contributed by atoms with Crippen molar-refractivity contribution in [1.82, 2.24) is 14.8 Å². The lowest BCUT2D eigenvalue weighted by Crippen LogP contribution is -2.73. The van der Waals surface area contributed by atoms with Crippen molar-refractivity contribution < 1.29 is 19.1 Å². The van der Waals surface area contributed by atoms with Gasteiger partial charge in [0.2, 0.25) is 11.8 Å². The summed E-state index contributed by atoms with van der Waals surface area (Å²) in [5.41, 5.74) is 0.317. The number of imide groups is 2. The Hall–Kier alpha value is -3.00. The van der Waals surface area contributed by atoms with Crippen LogP contribution in [0.25, 0.3) is 10.9 Å². The largest absolute Gasteiger partial charge is 0.377 e. The van der Waals surface area contributed by atoms with Gasteiger partial charge in [-0.15, -0.1) is 0 Å². The van der Waals surface area contributed by atoms with Crippen LogP contribution in [0.15, 0.2) is 30.3 Å². The lowest BCUT2D eigenvalue weighted by atomic mass is 9.68. The van der Waals surface area contributed by atoms with Gasteiger partial charge in [-0.3, -0.25) is 19.4 Å². The molecule has 0 unspecified atom stereocenters. The normalized spacial score (nSPS) is 24.0. The molecule has 1 aromatic heterocycles. The molecule has 0 aliphatic carbocycles. The van der Waals surface area contributed by atoms with Crippen LogP contribution < -0.4 is 4.90 Å². The Morgan fingerprint density at radius 1 is 1.11 bits per heavy atom. The van der Waals surface area contributed by atoms with Crippen LogP contribution in [0, 0.1) is 5.41 Å². The van der Waals surface area contributed by atoms with Crippen molar-refractivity contribution in [1.29, 1.82) is 0 Å². The zero-order valence-electron chi connectivity index (χ0n) is 15.7. The van der Waals surface area contributed by atoms with E-state index in [1.807, 2.05) is 35.2 Å². The summed E-state index contributed by atoms with van der Waals surface area (Å²) in [6.07, 6.45) is 0.199. The van der Waals surface area contributed by atoms with Crippen LogP contribution in [0.1, 0.15) is 5.56 Å². The van der Waals surface area contributed by atoms with Crippen molar-refractivity contribution in [2.45, 2.75) is 12.5 Å². The Morgan fingerprint density at radius 3 is 2.57 bits per heavy atom. The summed E-state index contributed by atoms with van der Waals surface area (Å²) in [7, 11) is 2.86. The van der Waals surface area contributed by atoms with Crippen LogP contribution in [0.5, 0.6) is 0 Å². The highest BCUT2D eigenvalue weighted by atomic mass is 16.5. The fourth-order valence-electron chi connectivity index (χ4n) is 4.74. The smallest absolute Gasteiger partial charge is 0.332 e. The summed E-state index contributed by atoms with van der Waals surface area (Å²) in [4.78, 5) is 48.0. The fraction of sp³-hybridized carbons (Fsp3) is 0.400. The minimum Gasteiger partial charge on any atom is -0.377 e. The molecule has 5 rings (SSSR count). The van der Waals surface area contributed by atoms with Gasteiger partial charge in [-0.25, -0.2) is 9.78 Å². The number of carbonyl (C=O) groups is 3. The summed E-state index contributed by atoms with van der Waals surface area (Å²) in [5.74, 6) is -0.153. The van der Waals surface area contributed by atoms with Crippen LogP contribution in [0.4, 0.5) is 10.6 Å². The van der Waals surface area contributed by atoms with Crippen molar-refractivity contribution >= 4 is 34.6 Å². The zero-order chi connectivity index (χ0) is 19.6. The maximum atomic E-state index is 13.4. The van der Waals surface area contributed by atoms with Crippen LogP contribution in [-0.4, -0.2) is 72.5 Å². The molecule has 28 heavy (non-hydrogen) atoms. The Morgan fingerprint density at radius 2 is 1.82 bits per heavy atom. The second kappa shape index (κ2) is 5.75. The molecule has 2 saturated heterocycles. The molecule has 8 nitrogen and oxygen atoms in total. The van der Waals surface area contributed by atoms with Crippen LogP contribution >= 0.6 is 0 Å². The van der Waals surface area contributed by atoms with Gasteiger partial charge in [-0.2, -0.15) is 0 Å². The molecule has 0 bridgehead atoms. The number of hydrogen-bond donors (Lipinski definition) is 0. The Labute approximate surface area is 161 Å². The van der Waals surface area contributed by atoms with E-state index >= 15 is 0 Å². The number of anilines is 1. The first-order chi connectivity index (χ1) is 13.4. The molecule has 8 heteroatoms. The number of fused-ring (bicyclic) bond motifs is 5. The van der Waals surface area contributed by atoms with Gasteiger partial charge in [0.05, 0.1) is 24.8 Å². The summed E-state index contributed by atoms with van der Waals surface area (Å²) >= 11 is 0. The van der Waals surface area contributed by atoms with E-state index in [-0.39, 0.29) is 13.0 Å². The van der Waals surface area contributed by atoms with Gasteiger partial charge in [0.1, 0.15) is 5.82 Å². The van der Waals surface area contributed by atoms with E-state index in [2.05, 4.69) is 0 Å². The van der Waals surface area contributed by atoms with E-state index in [9.17, 15) is 14.4 Å². The third kappa shape index (κ3) is 2.03. The third-order valence-electron chi connectivity index (χ3n) is 6.17. The maximum Gasteiger partial charge on any atom is 0.332 e. The predicted octanol–water partition coefficient (Wildman–Crippen LogP) is 1.03. The molecule has 3 aliphatic rings. The molecular weight excluding hydrogens is 360 g/mol. The lowest BCUT2D eigenvalue weighted by molar-refractivity contribution is -0.161. The summed E-state index contributed by atoms with van der Waals surface area (Å²) in [5, 5.41) is 0.955. The minimum atomic E-state index is -1.39. The van der Waals surface area contributed by atoms with Crippen molar-refractivity contribution in [2.24, 2.45) is 5.41 Å². The SMILES string of the molecule is CN1C(=O)N(C)C(=O)C2(Cc3cc4ccccc4nc3N3CCOC[C@H]32)C1=O. The monoisotopic (exact) mass is 380 g/mol. The van der Waals surface area contributed by atoms with Crippen molar-refractivity contribution in [3.05, 3.63) is 35.9 Å². The molecule has 144 valence electrons. The Kier molecular flexibility index (Phi) is 3.51. The number of barbiturate groups is 1. The third-order valence-corrected chi connectivity index (χ3v) is 6.17. The van der Waals surface area contributed by atoms with E-state index < -0.39 is 29.3 Å². The minimum absolute atomic E-state index is 0.199. The number of amides is 4. The Bertz CT molecular complexity index is 1010. The predicted molar refractivity (Wildman–Crippen MR) is 101 cm³/mol. The molecule has 1 atom stereocenters. The number of benzene rings is 1. The highest BCUT2D eigenvalue weighted by Gasteiger charge is 2.63. The fourth-order valence-corrected chi connectivity index (χ4v) is 4.74. The van der Waals surface area contributed by atoms with E-state index in [0.29, 0.717) is 13.2 Å². The van der Waals surface area contributed by atoms with Gasteiger partial charge in [-0.05, 0) is 17.7 Å². The van der Waals surface area contributed by atoms with E-state index in [1.165, 1.54) is 14.1 Å². The number of morpholine rings is 1. The van der Waals surface area contributed by atoms with Gasteiger partial charge >= 0.3 is 6.03 Å². The summed E-state index contributed by atoms with van der Waals surface area (Å²) in [6, 6.07) is 8.68. The van der Waals surface area contributed by atoms with Gasteiger partial charge in [0, 0.05) is 32.4 Å². The summed E-state index contributed by atoms with van der Waals surface area (Å²) < 4.78 is 5.67. The summed E-state index contributed by atoms with van der Waals surface area (Å²) in [6.45, 7) is 1.27. The number of hydrogen-bond acceptors (Lipinski definition) is 6.